The zero-order valence-electron chi connectivity index (χ0n) is 14.3. The van der Waals surface area contributed by atoms with Crippen molar-refractivity contribution in [1.82, 2.24) is 5.32 Å². The number of rotatable bonds is 5. The van der Waals surface area contributed by atoms with Gasteiger partial charge in [-0.15, -0.1) is 0 Å². The fourth-order valence-corrected chi connectivity index (χ4v) is 2.61. The van der Waals surface area contributed by atoms with Crippen molar-refractivity contribution in [3.05, 3.63) is 59.2 Å². The van der Waals surface area contributed by atoms with Gasteiger partial charge >= 0.3 is 5.97 Å². The van der Waals surface area contributed by atoms with E-state index < -0.39 is 11.9 Å². The van der Waals surface area contributed by atoms with E-state index in [4.69, 9.17) is 13.6 Å². The standard InChI is InChI=1S/C19H19NO5/c1-11-8-15(13(3)24-11)19(22)23-10-18(21)20-12(2)17-9-14-6-4-5-7-16(14)25-17/h4-9,12H,10H2,1-3H3,(H,20,21)/t12-/m1/s1. The van der Waals surface area contributed by atoms with Crippen LogP contribution in [0.5, 0.6) is 0 Å². The van der Waals surface area contributed by atoms with Gasteiger partial charge in [0.2, 0.25) is 0 Å². The Morgan fingerprint density at radius 3 is 2.60 bits per heavy atom. The molecule has 0 saturated carbocycles. The molecule has 1 aromatic carbocycles. The average molecular weight is 341 g/mol. The van der Waals surface area contributed by atoms with E-state index in [9.17, 15) is 9.59 Å². The number of carbonyl (C=O) groups is 2. The SMILES string of the molecule is Cc1cc(C(=O)OCC(=O)N[C@H](C)c2cc3ccccc3o2)c(C)o1. The number of benzene rings is 1. The van der Waals surface area contributed by atoms with E-state index in [-0.39, 0.29) is 12.6 Å². The van der Waals surface area contributed by atoms with Crippen molar-refractivity contribution in [2.45, 2.75) is 26.8 Å². The Hall–Kier alpha value is -3.02. The zero-order valence-corrected chi connectivity index (χ0v) is 14.3. The number of nitrogens with one attached hydrogen (secondary N) is 1. The highest BCUT2D eigenvalue weighted by atomic mass is 16.5. The first-order valence-electron chi connectivity index (χ1n) is 7.96. The van der Waals surface area contributed by atoms with Gasteiger partial charge < -0.3 is 18.9 Å². The number of fused-ring (bicyclic) bond motifs is 1. The van der Waals surface area contributed by atoms with Crippen LogP contribution < -0.4 is 5.32 Å². The second-order valence-electron chi connectivity index (χ2n) is 5.88. The third-order valence-electron chi connectivity index (χ3n) is 3.84. The number of amides is 1. The Kier molecular flexibility index (Phi) is 4.61. The molecule has 0 aliphatic carbocycles. The van der Waals surface area contributed by atoms with Crippen molar-refractivity contribution in [1.29, 1.82) is 0 Å². The van der Waals surface area contributed by atoms with Crippen LogP contribution in [-0.4, -0.2) is 18.5 Å². The summed E-state index contributed by atoms with van der Waals surface area (Å²) in [7, 11) is 0. The molecule has 6 nitrogen and oxygen atoms in total. The molecule has 2 heterocycles. The smallest absolute Gasteiger partial charge is 0.342 e. The van der Waals surface area contributed by atoms with E-state index in [0.29, 0.717) is 22.8 Å². The minimum absolute atomic E-state index is 0.329. The molecule has 0 aliphatic heterocycles. The fraction of sp³-hybridized carbons (Fsp3) is 0.263. The number of hydrogen-bond acceptors (Lipinski definition) is 5. The minimum atomic E-state index is -0.583. The summed E-state index contributed by atoms with van der Waals surface area (Å²) in [6, 6.07) is 10.7. The van der Waals surface area contributed by atoms with Crippen molar-refractivity contribution >= 4 is 22.8 Å². The molecule has 0 radical (unpaired) electrons. The first-order valence-corrected chi connectivity index (χ1v) is 7.96. The van der Waals surface area contributed by atoms with E-state index >= 15 is 0 Å². The maximum Gasteiger partial charge on any atom is 0.342 e. The molecule has 0 spiro atoms. The predicted molar refractivity (Wildman–Crippen MR) is 91.2 cm³/mol. The molecule has 25 heavy (non-hydrogen) atoms. The van der Waals surface area contributed by atoms with Crippen LogP contribution in [0.3, 0.4) is 0 Å². The summed E-state index contributed by atoms with van der Waals surface area (Å²) in [6.07, 6.45) is 0. The number of ether oxygens (including phenoxy) is 1. The van der Waals surface area contributed by atoms with Gasteiger partial charge in [-0.05, 0) is 39.0 Å². The Bertz CT molecular complexity index is 888. The predicted octanol–water partition coefficient (Wildman–Crippen LogP) is 3.68. The molecule has 0 fully saturated rings. The van der Waals surface area contributed by atoms with Crippen molar-refractivity contribution in [2.75, 3.05) is 6.61 Å². The molecule has 1 atom stereocenters. The number of furan rings is 2. The molecule has 6 heteroatoms. The Morgan fingerprint density at radius 2 is 1.92 bits per heavy atom. The van der Waals surface area contributed by atoms with Crippen molar-refractivity contribution < 1.29 is 23.2 Å². The summed E-state index contributed by atoms with van der Waals surface area (Å²) in [4.78, 5) is 24.0. The van der Waals surface area contributed by atoms with Gasteiger partial charge in [0.05, 0.1) is 6.04 Å². The molecule has 2 aromatic heterocycles. The second-order valence-corrected chi connectivity index (χ2v) is 5.88. The second kappa shape index (κ2) is 6.84. The van der Waals surface area contributed by atoms with Crippen LogP contribution in [0.2, 0.25) is 0 Å². The van der Waals surface area contributed by atoms with Gasteiger partial charge in [-0.3, -0.25) is 4.79 Å². The van der Waals surface area contributed by atoms with Crippen LogP contribution in [0.1, 0.15) is 40.6 Å². The monoisotopic (exact) mass is 341 g/mol. The van der Waals surface area contributed by atoms with Crippen LogP contribution in [-0.2, 0) is 9.53 Å². The molecule has 1 amide bonds. The van der Waals surface area contributed by atoms with Gasteiger partial charge in [-0.25, -0.2) is 4.79 Å². The Labute approximate surface area is 144 Å². The summed E-state index contributed by atoms with van der Waals surface area (Å²) in [6.45, 7) is 4.85. The lowest BCUT2D eigenvalue weighted by Gasteiger charge is -2.11. The summed E-state index contributed by atoms with van der Waals surface area (Å²) in [5.74, 6) is 0.744. The maximum atomic E-state index is 12.0. The normalized spacial score (nSPS) is 12.1. The third-order valence-corrected chi connectivity index (χ3v) is 3.84. The lowest BCUT2D eigenvalue weighted by Crippen LogP contribution is -2.31. The van der Waals surface area contributed by atoms with E-state index in [1.807, 2.05) is 30.3 Å². The molecule has 1 N–H and O–H groups in total. The third kappa shape index (κ3) is 3.74. The lowest BCUT2D eigenvalue weighted by atomic mass is 10.2. The first-order chi connectivity index (χ1) is 11.9. The Balaban J connectivity index is 1.56. The molecular formula is C19H19NO5. The summed E-state index contributed by atoms with van der Waals surface area (Å²) in [5, 5.41) is 3.72. The molecule has 0 bridgehead atoms. The van der Waals surface area contributed by atoms with E-state index in [2.05, 4.69) is 5.32 Å². The molecule has 0 aliphatic rings. The number of carbonyl (C=O) groups excluding carboxylic acids is 2. The van der Waals surface area contributed by atoms with Crippen LogP contribution in [0, 0.1) is 13.8 Å². The number of hydrogen-bond donors (Lipinski definition) is 1. The van der Waals surface area contributed by atoms with Crippen LogP contribution >= 0.6 is 0 Å². The van der Waals surface area contributed by atoms with Crippen LogP contribution in [0.4, 0.5) is 0 Å². The average Bonchev–Trinajstić information content (AvgIpc) is 3.15. The van der Waals surface area contributed by atoms with Gasteiger partial charge in [0.15, 0.2) is 6.61 Å². The number of esters is 1. The molecule has 3 rings (SSSR count). The van der Waals surface area contributed by atoms with Gasteiger partial charge in [0.1, 0.15) is 28.4 Å². The number of aryl methyl sites for hydroxylation is 2. The van der Waals surface area contributed by atoms with E-state index in [0.717, 1.165) is 11.0 Å². The quantitative estimate of drug-likeness (QED) is 0.716. The van der Waals surface area contributed by atoms with Crippen LogP contribution in [0.25, 0.3) is 11.0 Å². The largest absolute Gasteiger partial charge is 0.466 e. The topological polar surface area (TPSA) is 81.7 Å². The van der Waals surface area contributed by atoms with Gasteiger partial charge in [-0.1, -0.05) is 18.2 Å². The zero-order chi connectivity index (χ0) is 18.0. The van der Waals surface area contributed by atoms with Gasteiger partial charge in [-0.2, -0.15) is 0 Å². The molecule has 0 unspecified atom stereocenters. The summed E-state index contributed by atoms with van der Waals surface area (Å²) in [5.41, 5.74) is 1.09. The summed E-state index contributed by atoms with van der Waals surface area (Å²) >= 11 is 0. The minimum Gasteiger partial charge on any atom is -0.466 e. The molecule has 3 aromatic rings. The first kappa shape index (κ1) is 16.8. The van der Waals surface area contributed by atoms with Crippen LogP contribution in [0.15, 0.2) is 45.2 Å². The molecule has 130 valence electrons. The highest BCUT2D eigenvalue weighted by Gasteiger charge is 2.18. The van der Waals surface area contributed by atoms with E-state index in [1.54, 1.807) is 26.8 Å². The van der Waals surface area contributed by atoms with Gasteiger partial charge in [0, 0.05) is 5.39 Å². The fourth-order valence-electron chi connectivity index (χ4n) is 2.61. The van der Waals surface area contributed by atoms with Gasteiger partial charge in [0.25, 0.3) is 5.91 Å². The van der Waals surface area contributed by atoms with Crippen molar-refractivity contribution in [3.8, 4) is 0 Å². The number of para-hydroxylation sites is 1. The molecular weight excluding hydrogens is 322 g/mol. The Morgan fingerprint density at radius 1 is 1.16 bits per heavy atom. The van der Waals surface area contributed by atoms with Crippen molar-refractivity contribution in [2.24, 2.45) is 0 Å². The van der Waals surface area contributed by atoms with E-state index in [1.165, 1.54) is 0 Å². The lowest BCUT2D eigenvalue weighted by molar-refractivity contribution is -0.125. The molecule has 0 saturated heterocycles. The maximum absolute atomic E-state index is 12.0. The highest BCUT2D eigenvalue weighted by Crippen LogP contribution is 2.23. The highest BCUT2D eigenvalue weighted by molar-refractivity contribution is 5.92. The summed E-state index contributed by atoms with van der Waals surface area (Å²) < 4.78 is 16.0. The van der Waals surface area contributed by atoms with Crippen molar-refractivity contribution in [3.63, 3.8) is 0 Å².